The van der Waals surface area contributed by atoms with Gasteiger partial charge in [-0.25, -0.2) is 0 Å². The van der Waals surface area contributed by atoms with Crippen molar-refractivity contribution < 1.29 is 9.53 Å². The molecule has 0 aromatic heterocycles. The molecule has 0 saturated heterocycles. The van der Waals surface area contributed by atoms with Crippen LogP contribution in [0.3, 0.4) is 0 Å². The zero-order chi connectivity index (χ0) is 12.1. The second-order valence-electron chi connectivity index (χ2n) is 4.19. The van der Waals surface area contributed by atoms with Crippen molar-refractivity contribution in [3.63, 3.8) is 0 Å². The third-order valence-corrected chi connectivity index (χ3v) is 2.62. The Morgan fingerprint density at radius 3 is 2.56 bits per heavy atom. The zero-order valence-electron chi connectivity index (χ0n) is 10.1. The van der Waals surface area contributed by atoms with Crippen LogP contribution in [0.5, 0.6) is 0 Å². The monoisotopic (exact) mass is 221 g/mol. The van der Waals surface area contributed by atoms with Gasteiger partial charge in [-0.1, -0.05) is 38.1 Å². The minimum Gasteiger partial charge on any atom is -0.468 e. The Morgan fingerprint density at radius 1 is 1.38 bits per heavy atom. The molecule has 2 N–H and O–H groups in total. The Kier molecular flexibility index (Phi) is 4.50. The fourth-order valence-electron chi connectivity index (χ4n) is 1.75. The third-order valence-electron chi connectivity index (χ3n) is 2.62. The van der Waals surface area contributed by atoms with E-state index in [0.717, 1.165) is 5.56 Å². The van der Waals surface area contributed by atoms with Crippen molar-refractivity contribution in [1.82, 2.24) is 0 Å². The highest BCUT2D eigenvalue weighted by Crippen LogP contribution is 2.20. The highest BCUT2D eigenvalue weighted by molar-refractivity contribution is 5.75. The van der Waals surface area contributed by atoms with E-state index in [4.69, 9.17) is 5.73 Å². The maximum absolute atomic E-state index is 11.3. The standard InChI is InChI=1S/C13H19NO2/c1-9(2)11-7-5-4-6-10(11)8-12(14)13(15)16-3/h4-7,9,12H,8,14H2,1-3H3/t12-/m0/s1. The molecule has 0 unspecified atom stereocenters. The van der Waals surface area contributed by atoms with E-state index in [1.54, 1.807) is 0 Å². The van der Waals surface area contributed by atoms with Gasteiger partial charge in [-0.05, 0) is 23.5 Å². The number of hydrogen-bond donors (Lipinski definition) is 1. The molecule has 0 aliphatic heterocycles. The van der Waals surface area contributed by atoms with Crippen LogP contribution >= 0.6 is 0 Å². The summed E-state index contributed by atoms with van der Waals surface area (Å²) in [6.45, 7) is 4.25. The summed E-state index contributed by atoms with van der Waals surface area (Å²) in [5.74, 6) is 0.0691. The number of benzene rings is 1. The van der Waals surface area contributed by atoms with Gasteiger partial charge in [0.2, 0.25) is 0 Å². The van der Waals surface area contributed by atoms with Gasteiger partial charge in [-0.2, -0.15) is 0 Å². The van der Waals surface area contributed by atoms with Gasteiger partial charge in [0.1, 0.15) is 6.04 Å². The first-order valence-corrected chi connectivity index (χ1v) is 5.47. The molecule has 0 aliphatic rings. The van der Waals surface area contributed by atoms with Crippen LogP contribution in [0.2, 0.25) is 0 Å². The van der Waals surface area contributed by atoms with Gasteiger partial charge in [0.15, 0.2) is 0 Å². The highest BCUT2D eigenvalue weighted by atomic mass is 16.5. The lowest BCUT2D eigenvalue weighted by atomic mass is 9.93. The van der Waals surface area contributed by atoms with Crippen LogP contribution in [-0.4, -0.2) is 19.1 Å². The summed E-state index contributed by atoms with van der Waals surface area (Å²) in [4.78, 5) is 11.3. The number of hydrogen-bond acceptors (Lipinski definition) is 3. The van der Waals surface area contributed by atoms with Gasteiger partial charge < -0.3 is 10.5 Å². The van der Waals surface area contributed by atoms with E-state index in [0.29, 0.717) is 12.3 Å². The molecular formula is C13H19NO2. The van der Waals surface area contributed by atoms with Crippen molar-refractivity contribution in [1.29, 1.82) is 0 Å². The molecule has 1 rings (SSSR count). The van der Waals surface area contributed by atoms with Gasteiger partial charge in [0.25, 0.3) is 0 Å². The summed E-state index contributed by atoms with van der Waals surface area (Å²) >= 11 is 0. The van der Waals surface area contributed by atoms with Crippen LogP contribution in [-0.2, 0) is 16.0 Å². The molecule has 0 bridgehead atoms. The molecular weight excluding hydrogens is 202 g/mol. The van der Waals surface area contributed by atoms with Gasteiger partial charge in [-0.15, -0.1) is 0 Å². The largest absolute Gasteiger partial charge is 0.468 e. The quantitative estimate of drug-likeness (QED) is 0.789. The molecule has 0 aliphatic carbocycles. The molecule has 0 amide bonds. The number of ether oxygens (including phenoxy) is 1. The summed E-state index contributed by atoms with van der Waals surface area (Å²) in [5.41, 5.74) is 8.11. The van der Waals surface area contributed by atoms with E-state index in [9.17, 15) is 4.79 Å². The van der Waals surface area contributed by atoms with Crippen molar-refractivity contribution in [2.45, 2.75) is 32.2 Å². The smallest absolute Gasteiger partial charge is 0.322 e. The second kappa shape index (κ2) is 5.66. The van der Waals surface area contributed by atoms with E-state index in [2.05, 4.69) is 24.7 Å². The van der Waals surface area contributed by atoms with E-state index < -0.39 is 6.04 Å². The predicted molar refractivity (Wildman–Crippen MR) is 64.2 cm³/mol. The topological polar surface area (TPSA) is 52.3 Å². The molecule has 0 fully saturated rings. The Bertz CT molecular complexity index is 361. The molecule has 1 atom stereocenters. The number of carbonyl (C=O) groups excluding carboxylic acids is 1. The van der Waals surface area contributed by atoms with Crippen LogP contribution < -0.4 is 5.73 Å². The zero-order valence-corrected chi connectivity index (χ0v) is 10.1. The molecule has 3 heteroatoms. The first kappa shape index (κ1) is 12.7. The van der Waals surface area contributed by atoms with E-state index in [-0.39, 0.29) is 5.97 Å². The third kappa shape index (κ3) is 3.07. The van der Waals surface area contributed by atoms with Gasteiger partial charge in [0.05, 0.1) is 7.11 Å². The number of nitrogens with two attached hydrogens (primary N) is 1. The molecule has 0 spiro atoms. The molecule has 88 valence electrons. The van der Waals surface area contributed by atoms with Crippen LogP contribution in [0.1, 0.15) is 30.9 Å². The van der Waals surface area contributed by atoms with Crippen molar-refractivity contribution in [3.8, 4) is 0 Å². The SMILES string of the molecule is COC(=O)[C@@H](N)Cc1ccccc1C(C)C. The molecule has 16 heavy (non-hydrogen) atoms. The van der Waals surface area contributed by atoms with Crippen molar-refractivity contribution >= 4 is 5.97 Å². The Morgan fingerprint density at radius 2 is 2.00 bits per heavy atom. The Hall–Kier alpha value is -1.35. The summed E-state index contributed by atoms with van der Waals surface area (Å²) in [5, 5.41) is 0. The fourth-order valence-corrected chi connectivity index (χ4v) is 1.75. The van der Waals surface area contributed by atoms with Crippen molar-refractivity contribution in [3.05, 3.63) is 35.4 Å². The average Bonchev–Trinajstić information content (AvgIpc) is 2.28. The predicted octanol–water partition coefficient (Wildman–Crippen LogP) is 1.85. The number of carbonyl (C=O) groups is 1. The van der Waals surface area contributed by atoms with E-state index in [1.165, 1.54) is 12.7 Å². The van der Waals surface area contributed by atoms with Gasteiger partial charge in [0, 0.05) is 0 Å². The second-order valence-corrected chi connectivity index (χ2v) is 4.19. The summed E-state index contributed by atoms with van der Waals surface area (Å²) < 4.78 is 4.62. The minimum atomic E-state index is -0.579. The van der Waals surface area contributed by atoms with Crippen LogP contribution in [0.15, 0.2) is 24.3 Å². The molecule has 0 radical (unpaired) electrons. The lowest BCUT2D eigenvalue weighted by molar-refractivity contribution is -0.142. The van der Waals surface area contributed by atoms with Crippen LogP contribution in [0.4, 0.5) is 0 Å². The summed E-state index contributed by atoms with van der Waals surface area (Å²) in [6.07, 6.45) is 0.529. The average molecular weight is 221 g/mol. The van der Waals surface area contributed by atoms with Crippen molar-refractivity contribution in [2.75, 3.05) is 7.11 Å². The summed E-state index contributed by atoms with van der Waals surface area (Å²) in [7, 11) is 1.36. The Labute approximate surface area is 96.6 Å². The number of esters is 1. The van der Waals surface area contributed by atoms with Gasteiger partial charge >= 0.3 is 5.97 Å². The van der Waals surface area contributed by atoms with E-state index >= 15 is 0 Å². The minimum absolute atomic E-state index is 0.362. The van der Waals surface area contributed by atoms with Gasteiger partial charge in [-0.3, -0.25) is 4.79 Å². The first-order valence-electron chi connectivity index (χ1n) is 5.47. The molecule has 0 saturated carbocycles. The van der Waals surface area contributed by atoms with Crippen LogP contribution in [0.25, 0.3) is 0 Å². The maximum Gasteiger partial charge on any atom is 0.322 e. The fraction of sp³-hybridized carbons (Fsp3) is 0.462. The Balaban J connectivity index is 2.84. The lowest BCUT2D eigenvalue weighted by Crippen LogP contribution is -2.34. The maximum atomic E-state index is 11.3. The molecule has 3 nitrogen and oxygen atoms in total. The lowest BCUT2D eigenvalue weighted by Gasteiger charge is -2.15. The first-order chi connectivity index (χ1) is 7.56. The molecule has 0 heterocycles. The highest BCUT2D eigenvalue weighted by Gasteiger charge is 2.16. The molecule has 1 aromatic carbocycles. The normalized spacial score (nSPS) is 12.6. The van der Waals surface area contributed by atoms with E-state index in [1.807, 2.05) is 18.2 Å². The molecule has 1 aromatic rings. The van der Waals surface area contributed by atoms with Crippen LogP contribution in [0, 0.1) is 0 Å². The number of rotatable bonds is 4. The summed E-state index contributed by atoms with van der Waals surface area (Å²) in [6, 6.07) is 7.47. The van der Waals surface area contributed by atoms with Crippen molar-refractivity contribution in [2.24, 2.45) is 5.73 Å². The number of methoxy groups -OCH3 is 1.